The highest BCUT2D eigenvalue weighted by molar-refractivity contribution is 5.81. The zero-order valence-electron chi connectivity index (χ0n) is 7.99. The van der Waals surface area contributed by atoms with Crippen molar-refractivity contribution in [2.75, 3.05) is 0 Å². The normalized spacial score (nSPS) is 10.6. The van der Waals surface area contributed by atoms with Crippen molar-refractivity contribution < 1.29 is 0 Å². The second-order valence-corrected chi connectivity index (χ2v) is 3.26. The van der Waals surface area contributed by atoms with Crippen LogP contribution in [0.15, 0.2) is 24.3 Å². The summed E-state index contributed by atoms with van der Waals surface area (Å²) in [6.07, 6.45) is 0. The summed E-state index contributed by atoms with van der Waals surface area (Å²) >= 11 is 0. The highest BCUT2D eigenvalue weighted by atomic mass is 15.1. The predicted octanol–water partition coefficient (Wildman–Crippen LogP) is 1.28. The topological polar surface area (TPSA) is 67.7 Å². The van der Waals surface area contributed by atoms with Crippen molar-refractivity contribution in [3.05, 3.63) is 30.1 Å². The van der Waals surface area contributed by atoms with Gasteiger partial charge in [-0.15, -0.1) is 0 Å². The van der Waals surface area contributed by atoms with Gasteiger partial charge in [-0.2, -0.15) is 0 Å². The van der Waals surface area contributed by atoms with E-state index in [0.29, 0.717) is 6.54 Å². The number of fused-ring (bicyclic) bond motifs is 1. The monoisotopic (exact) mass is 188 g/mol. The zero-order valence-corrected chi connectivity index (χ0v) is 7.99. The maximum absolute atomic E-state index is 7.27. The fraction of sp³-hybridized carbons (Fsp3) is 0.200. The van der Waals surface area contributed by atoms with Crippen LogP contribution in [0.5, 0.6) is 0 Å². The minimum atomic E-state index is 0.149. The molecule has 4 heteroatoms. The molecule has 1 aromatic carbocycles. The molecule has 3 N–H and O–H groups in total. The highest BCUT2D eigenvalue weighted by Crippen LogP contribution is 2.14. The smallest absolute Gasteiger partial charge is 0.111 e. The van der Waals surface area contributed by atoms with Crippen LogP contribution < -0.4 is 5.73 Å². The number of benzene rings is 1. The van der Waals surface area contributed by atoms with Crippen molar-refractivity contribution >= 4 is 16.9 Å². The maximum atomic E-state index is 7.27. The Morgan fingerprint density at radius 3 is 2.93 bits per heavy atom. The Morgan fingerprint density at radius 1 is 1.50 bits per heavy atom. The number of nitrogens with two attached hydrogens (primary N) is 1. The van der Waals surface area contributed by atoms with E-state index in [1.54, 1.807) is 0 Å². The minimum Gasteiger partial charge on any atom is -0.386 e. The summed E-state index contributed by atoms with van der Waals surface area (Å²) in [5.74, 6) is 1.04. The fourth-order valence-corrected chi connectivity index (χ4v) is 1.57. The second kappa shape index (κ2) is 3.14. The summed E-state index contributed by atoms with van der Waals surface area (Å²) in [7, 11) is 0. The predicted molar refractivity (Wildman–Crippen MR) is 56.4 cm³/mol. The summed E-state index contributed by atoms with van der Waals surface area (Å²) in [6.45, 7) is 2.33. The molecule has 0 saturated carbocycles. The first-order valence-electron chi connectivity index (χ1n) is 4.43. The van der Waals surface area contributed by atoms with Gasteiger partial charge in [-0.3, -0.25) is 5.41 Å². The molecule has 2 aromatic rings. The van der Waals surface area contributed by atoms with Gasteiger partial charge in [-0.1, -0.05) is 12.1 Å². The number of imidazole rings is 1. The van der Waals surface area contributed by atoms with Gasteiger partial charge >= 0.3 is 0 Å². The van der Waals surface area contributed by atoms with E-state index in [0.717, 1.165) is 16.9 Å². The SMILES string of the molecule is Cc1nc2ccccc2n1CC(=N)N. The van der Waals surface area contributed by atoms with Gasteiger partial charge in [0.25, 0.3) is 0 Å². The van der Waals surface area contributed by atoms with Gasteiger partial charge in [0.1, 0.15) is 11.7 Å². The molecule has 1 aromatic heterocycles. The molecule has 0 aliphatic carbocycles. The van der Waals surface area contributed by atoms with Crippen molar-refractivity contribution in [2.45, 2.75) is 13.5 Å². The van der Waals surface area contributed by atoms with Crippen LogP contribution in [0.3, 0.4) is 0 Å². The Balaban J connectivity index is 2.62. The third-order valence-electron chi connectivity index (χ3n) is 2.17. The Kier molecular flexibility index (Phi) is 1.96. The Bertz CT molecular complexity index is 484. The van der Waals surface area contributed by atoms with Crippen LogP contribution in [0.4, 0.5) is 0 Å². The van der Waals surface area contributed by atoms with E-state index in [2.05, 4.69) is 4.98 Å². The summed E-state index contributed by atoms with van der Waals surface area (Å²) in [5.41, 5.74) is 7.36. The number of nitrogens with zero attached hydrogens (tertiary/aromatic N) is 2. The molecule has 0 unspecified atom stereocenters. The van der Waals surface area contributed by atoms with Crippen LogP contribution in [0.25, 0.3) is 11.0 Å². The molecule has 0 radical (unpaired) electrons. The summed E-state index contributed by atoms with van der Waals surface area (Å²) < 4.78 is 1.94. The van der Waals surface area contributed by atoms with Crippen LogP contribution >= 0.6 is 0 Å². The molecular weight excluding hydrogens is 176 g/mol. The third-order valence-corrected chi connectivity index (χ3v) is 2.17. The first-order chi connectivity index (χ1) is 6.68. The van der Waals surface area contributed by atoms with E-state index in [-0.39, 0.29) is 5.84 Å². The lowest BCUT2D eigenvalue weighted by Crippen LogP contribution is -2.18. The standard InChI is InChI=1S/C10H12N4/c1-7-13-8-4-2-3-5-9(8)14(7)6-10(11)12/h2-5H,6H2,1H3,(H3,11,12). The van der Waals surface area contributed by atoms with Gasteiger partial charge in [-0.25, -0.2) is 4.98 Å². The molecule has 4 nitrogen and oxygen atoms in total. The number of nitrogens with one attached hydrogen (secondary N) is 1. The lowest BCUT2D eigenvalue weighted by Gasteiger charge is -2.04. The number of para-hydroxylation sites is 2. The minimum absolute atomic E-state index is 0.149. The molecular formula is C10H12N4. The molecule has 0 saturated heterocycles. The average molecular weight is 188 g/mol. The lowest BCUT2D eigenvalue weighted by molar-refractivity contribution is 0.824. The highest BCUT2D eigenvalue weighted by Gasteiger charge is 2.06. The lowest BCUT2D eigenvalue weighted by atomic mass is 10.3. The molecule has 0 aliphatic rings. The molecule has 0 fully saturated rings. The van der Waals surface area contributed by atoms with Crippen molar-refractivity contribution in [1.82, 2.24) is 9.55 Å². The van der Waals surface area contributed by atoms with Crippen LogP contribution in [0, 0.1) is 12.3 Å². The zero-order chi connectivity index (χ0) is 10.1. The van der Waals surface area contributed by atoms with Gasteiger partial charge < -0.3 is 10.3 Å². The van der Waals surface area contributed by atoms with Crippen molar-refractivity contribution in [1.29, 1.82) is 5.41 Å². The number of hydrogen-bond acceptors (Lipinski definition) is 2. The molecule has 0 atom stereocenters. The quantitative estimate of drug-likeness (QED) is 0.550. The van der Waals surface area contributed by atoms with Gasteiger partial charge in [0.2, 0.25) is 0 Å². The van der Waals surface area contributed by atoms with E-state index < -0.39 is 0 Å². The van der Waals surface area contributed by atoms with E-state index >= 15 is 0 Å². The van der Waals surface area contributed by atoms with E-state index in [1.165, 1.54) is 0 Å². The van der Waals surface area contributed by atoms with Crippen LogP contribution in [-0.2, 0) is 6.54 Å². The van der Waals surface area contributed by atoms with Crippen LogP contribution in [-0.4, -0.2) is 15.4 Å². The molecule has 0 amide bonds. The van der Waals surface area contributed by atoms with Gasteiger partial charge in [0.15, 0.2) is 0 Å². The number of amidine groups is 1. The molecule has 2 rings (SSSR count). The first kappa shape index (κ1) is 8.74. The summed E-state index contributed by atoms with van der Waals surface area (Å²) in [4.78, 5) is 4.38. The summed E-state index contributed by atoms with van der Waals surface area (Å²) in [6, 6.07) is 7.85. The van der Waals surface area contributed by atoms with Crippen molar-refractivity contribution in [2.24, 2.45) is 5.73 Å². The average Bonchev–Trinajstić information content (AvgIpc) is 2.43. The number of rotatable bonds is 2. The molecule has 14 heavy (non-hydrogen) atoms. The van der Waals surface area contributed by atoms with E-state index in [4.69, 9.17) is 11.1 Å². The largest absolute Gasteiger partial charge is 0.386 e. The molecule has 0 aliphatic heterocycles. The van der Waals surface area contributed by atoms with Crippen molar-refractivity contribution in [3.8, 4) is 0 Å². The van der Waals surface area contributed by atoms with E-state index in [9.17, 15) is 0 Å². The molecule has 1 heterocycles. The van der Waals surface area contributed by atoms with Gasteiger partial charge in [0, 0.05) is 0 Å². The number of aryl methyl sites for hydroxylation is 1. The van der Waals surface area contributed by atoms with Crippen LogP contribution in [0.2, 0.25) is 0 Å². The molecule has 72 valence electrons. The summed E-state index contributed by atoms with van der Waals surface area (Å²) in [5, 5.41) is 7.27. The number of aromatic nitrogens is 2. The van der Waals surface area contributed by atoms with Crippen LogP contribution in [0.1, 0.15) is 5.82 Å². The Hall–Kier alpha value is -1.84. The third kappa shape index (κ3) is 1.35. The molecule has 0 bridgehead atoms. The second-order valence-electron chi connectivity index (χ2n) is 3.26. The maximum Gasteiger partial charge on any atom is 0.111 e. The van der Waals surface area contributed by atoms with Gasteiger partial charge in [-0.05, 0) is 19.1 Å². The van der Waals surface area contributed by atoms with Gasteiger partial charge in [0.05, 0.1) is 17.6 Å². The number of hydrogen-bond donors (Lipinski definition) is 2. The van der Waals surface area contributed by atoms with E-state index in [1.807, 2.05) is 35.8 Å². The Morgan fingerprint density at radius 2 is 2.21 bits per heavy atom. The fourth-order valence-electron chi connectivity index (χ4n) is 1.57. The van der Waals surface area contributed by atoms with Crippen molar-refractivity contribution in [3.63, 3.8) is 0 Å². The first-order valence-corrected chi connectivity index (χ1v) is 4.43. The Labute approximate surface area is 81.9 Å². The molecule has 0 spiro atoms.